The van der Waals surface area contributed by atoms with Crippen LogP contribution in [-0.2, 0) is 6.54 Å². The Hall–Kier alpha value is -3.59. The van der Waals surface area contributed by atoms with Crippen molar-refractivity contribution in [3.63, 3.8) is 0 Å². The van der Waals surface area contributed by atoms with Gasteiger partial charge in [-0.3, -0.25) is 4.79 Å². The molecule has 0 bridgehead atoms. The lowest BCUT2D eigenvalue weighted by molar-refractivity contribution is 0.103. The van der Waals surface area contributed by atoms with Gasteiger partial charge < -0.3 is 5.32 Å². The van der Waals surface area contributed by atoms with Crippen LogP contribution in [-0.4, -0.2) is 15.8 Å². The summed E-state index contributed by atoms with van der Waals surface area (Å²) in [7, 11) is 0. The van der Waals surface area contributed by atoms with Crippen molar-refractivity contribution in [2.45, 2.75) is 6.54 Å². The van der Waals surface area contributed by atoms with Gasteiger partial charge in [0.1, 0.15) is 5.82 Å². The van der Waals surface area contributed by atoms with Gasteiger partial charge in [0.15, 0.2) is 5.78 Å². The number of benzene rings is 2. The maximum Gasteiger partial charge on any atom is 0.222 e. The predicted molar refractivity (Wildman–Crippen MR) is 90.3 cm³/mol. The fraction of sp³-hybridized carbons (Fsp3) is 0.0526. The quantitative estimate of drug-likeness (QED) is 0.725. The molecule has 0 radical (unpaired) electrons. The zero-order chi connectivity index (χ0) is 17.6. The highest BCUT2D eigenvalue weighted by Crippen LogP contribution is 2.11. The molecule has 6 heteroatoms. The first kappa shape index (κ1) is 16.3. The molecule has 0 unspecified atom stereocenters. The fourth-order valence-corrected chi connectivity index (χ4v) is 2.18. The third-order valence-electron chi connectivity index (χ3n) is 3.55. The van der Waals surface area contributed by atoms with Crippen molar-refractivity contribution in [2.75, 3.05) is 5.32 Å². The summed E-state index contributed by atoms with van der Waals surface area (Å²) < 4.78 is 12.9. The van der Waals surface area contributed by atoms with Gasteiger partial charge >= 0.3 is 0 Å². The van der Waals surface area contributed by atoms with Crippen LogP contribution in [0.15, 0.2) is 60.9 Å². The number of carbonyl (C=O) groups is 1. The first-order valence-corrected chi connectivity index (χ1v) is 7.51. The smallest absolute Gasteiger partial charge is 0.222 e. The van der Waals surface area contributed by atoms with Crippen molar-refractivity contribution < 1.29 is 9.18 Å². The molecule has 5 nitrogen and oxygen atoms in total. The van der Waals surface area contributed by atoms with E-state index in [1.54, 1.807) is 36.4 Å². The summed E-state index contributed by atoms with van der Waals surface area (Å²) in [5.41, 5.74) is 2.21. The predicted octanol–water partition coefficient (Wildman–Crippen LogP) is 3.33. The van der Waals surface area contributed by atoms with Gasteiger partial charge in [-0.05, 0) is 42.0 Å². The molecule has 25 heavy (non-hydrogen) atoms. The molecule has 0 saturated heterocycles. The van der Waals surface area contributed by atoms with Gasteiger partial charge in [-0.15, -0.1) is 0 Å². The average molecular weight is 332 g/mol. The van der Waals surface area contributed by atoms with E-state index in [2.05, 4.69) is 15.3 Å². The van der Waals surface area contributed by atoms with E-state index in [1.807, 2.05) is 6.07 Å². The summed E-state index contributed by atoms with van der Waals surface area (Å²) >= 11 is 0. The van der Waals surface area contributed by atoms with Crippen molar-refractivity contribution in [2.24, 2.45) is 0 Å². The molecule has 1 aromatic heterocycles. The van der Waals surface area contributed by atoms with E-state index in [4.69, 9.17) is 5.26 Å². The normalized spacial score (nSPS) is 10.1. The number of rotatable bonds is 5. The highest BCUT2D eigenvalue weighted by atomic mass is 19.1. The fourth-order valence-electron chi connectivity index (χ4n) is 2.18. The first-order valence-electron chi connectivity index (χ1n) is 7.51. The van der Waals surface area contributed by atoms with Crippen LogP contribution in [0.5, 0.6) is 0 Å². The minimum Gasteiger partial charge on any atom is -0.350 e. The molecule has 0 atom stereocenters. The maximum absolute atomic E-state index is 12.9. The molecule has 0 fully saturated rings. The molecule has 1 N–H and O–H groups in total. The van der Waals surface area contributed by atoms with E-state index in [0.717, 1.165) is 5.56 Å². The van der Waals surface area contributed by atoms with Crippen LogP contribution >= 0.6 is 0 Å². The monoisotopic (exact) mass is 332 g/mol. The van der Waals surface area contributed by atoms with Crippen molar-refractivity contribution in [1.29, 1.82) is 5.26 Å². The Kier molecular flexibility index (Phi) is 4.77. The molecule has 0 aliphatic rings. The minimum atomic E-state index is -0.286. The van der Waals surface area contributed by atoms with Crippen LogP contribution in [0.2, 0.25) is 0 Å². The van der Waals surface area contributed by atoms with Crippen LogP contribution in [0.1, 0.15) is 27.0 Å². The number of anilines is 1. The average Bonchev–Trinajstić information content (AvgIpc) is 2.67. The lowest BCUT2D eigenvalue weighted by atomic mass is 10.0. The second-order valence-corrected chi connectivity index (χ2v) is 5.29. The Morgan fingerprint density at radius 2 is 1.64 bits per heavy atom. The van der Waals surface area contributed by atoms with Crippen LogP contribution < -0.4 is 5.32 Å². The Balaban J connectivity index is 1.65. The summed E-state index contributed by atoms with van der Waals surface area (Å²) in [6, 6.07) is 14.5. The largest absolute Gasteiger partial charge is 0.350 e. The van der Waals surface area contributed by atoms with Crippen molar-refractivity contribution in [1.82, 2.24) is 9.97 Å². The van der Waals surface area contributed by atoms with Gasteiger partial charge in [-0.25, -0.2) is 14.4 Å². The highest BCUT2D eigenvalue weighted by molar-refractivity contribution is 6.08. The van der Waals surface area contributed by atoms with E-state index >= 15 is 0 Å². The zero-order valence-corrected chi connectivity index (χ0v) is 13.1. The van der Waals surface area contributed by atoms with Gasteiger partial charge in [-0.1, -0.05) is 12.1 Å². The van der Waals surface area contributed by atoms with Crippen LogP contribution in [0.25, 0.3) is 0 Å². The van der Waals surface area contributed by atoms with E-state index in [9.17, 15) is 9.18 Å². The second-order valence-electron chi connectivity index (χ2n) is 5.29. The molecule has 0 spiro atoms. The van der Waals surface area contributed by atoms with Crippen molar-refractivity contribution >= 4 is 11.7 Å². The Labute approximate surface area is 143 Å². The molecular weight excluding hydrogens is 319 g/mol. The summed E-state index contributed by atoms with van der Waals surface area (Å²) in [5, 5.41) is 11.8. The van der Waals surface area contributed by atoms with Gasteiger partial charge in [0, 0.05) is 24.5 Å². The van der Waals surface area contributed by atoms with E-state index in [1.165, 1.54) is 24.5 Å². The summed E-state index contributed by atoms with van der Waals surface area (Å²) in [6.07, 6.45) is 2.89. The van der Waals surface area contributed by atoms with Gasteiger partial charge in [0.2, 0.25) is 5.95 Å². The molecule has 122 valence electrons. The van der Waals surface area contributed by atoms with E-state index in [-0.39, 0.29) is 11.6 Å². The lowest BCUT2D eigenvalue weighted by Gasteiger charge is -2.06. The number of nitrogens with zero attached hydrogens (tertiary/aromatic N) is 3. The molecule has 0 aliphatic carbocycles. The second kappa shape index (κ2) is 7.32. The molecule has 2 aromatic carbocycles. The number of carbonyl (C=O) groups excluding carboxylic acids is 1. The SMILES string of the molecule is N#Cc1ccc(C(=O)c2cnc(NCc3ccc(F)cc3)nc2)cc1. The van der Waals surface area contributed by atoms with E-state index in [0.29, 0.717) is 29.2 Å². The third-order valence-corrected chi connectivity index (χ3v) is 3.55. The minimum absolute atomic E-state index is 0.213. The van der Waals surface area contributed by atoms with E-state index < -0.39 is 0 Å². The summed E-state index contributed by atoms with van der Waals surface area (Å²) in [6.45, 7) is 0.448. The van der Waals surface area contributed by atoms with Crippen LogP contribution in [0.4, 0.5) is 10.3 Å². The number of halogens is 1. The molecule has 1 heterocycles. The Morgan fingerprint density at radius 3 is 2.24 bits per heavy atom. The molecule has 3 aromatic rings. The molecular formula is C19H13FN4O. The highest BCUT2D eigenvalue weighted by Gasteiger charge is 2.10. The van der Waals surface area contributed by atoms with Gasteiger partial charge in [-0.2, -0.15) is 5.26 Å². The van der Waals surface area contributed by atoms with Crippen molar-refractivity contribution in [3.8, 4) is 6.07 Å². The zero-order valence-electron chi connectivity index (χ0n) is 13.1. The first-order chi connectivity index (χ1) is 12.2. The molecule has 0 amide bonds. The van der Waals surface area contributed by atoms with Gasteiger partial charge in [0.05, 0.1) is 17.2 Å². The van der Waals surface area contributed by atoms with Gasteiger partial charge in [0.25, 0.3) is 0 Å². The summed E-state index contributed by atoms with van der Waals surface area (Å²) in [5.74, 6) is -0.124. The Bertz CT molecular complexity index is 914. The maximum atomic E-state index is 12.9. The molecule has 0 saturated carbocycles. The Morgan fingerprint density at radius 1 is 1.00 bits per heavy atom. The number of aromatic nitrogens is 2. The molecule has 0 aliphatic heterocycles. The third kappa shape index (κ3) is 4.03. The number of hydrogen-bond donors (Lipinski definition) is 1. The molecule has 3 rings (SSSR count). The van der Waals surface area contributed by atoms with Crippen LogP contribution in [0.3, 0.4) is 0 Å². The van der Waals surface area contributed by atoms with Crippen molar-refractivity contribution in [3.05, 3.63) is 89.0 Å². The lowest BCUT2D eigenvalue weighted by Crippen LogP contribution is -2.07. The summed E-state index contributed by atoms with van der Waals surface area (Å²) in [4.78, 5) is 20.6. The van der Waals surface area contributed by atoms with Crippen LogP contribution in [0, 0.1) is 17.1 Å². The number of hydrogen-bond acceptors (Lipinski definition) is 5. The standard InChI is InChI=1S/C19H13FN4O/c20-17-7-3-14(4-8-17)10-22-19-23-11-16(12-24-19)18(25)15-5-1-13(9-21)2-6-15/h1-8,11-12H,10H2,(H,22,23,24). The number of ketones is 1. The number of nitriles is 1. The number of nitrogens with one attached hydrogen (secondary N) is 1. The topological polar surface area (TPSA) is 78.7 Å².